The molecule has 0 bridgehead atoms. The molecule has 1 saturated heterocycles. The molecule has 1 amide bonds. The van der Waals surface area contributed by atoms with Crippen LogP contribution in [0.25, 0.3) is 11.1 Å². The largest absolute Gasteiger partial charge is 0.465 e. The molecule has 1 heterocycles. The highest BCUT2D eigenvalue weighted by atomic mass is 16.4. The first-order valence-electron chi connectivity index (χ1n) is 7.97. The van der Waals surface area contributed by atoms with E-state index in [-0.39, 0.29) is 6.17 Å². The highest BCUT2D eigenvalue weighted by Gasteiger charge is 2.33. The Bertz CT molecular complexity index is 700. The highest BCUT2D eigenvalue weighted by molar-refractivity contribution is 5.94. The number of nitrogens with zero attached hydrogens (tertiary/aromatic N) is 2. The standard InChI is InChI=1S/C19H22N2O2/c1-14-8-6-11-16(15-9-4-3-5-10-15)18(14)21(19(22)23)17-12-7-13-20(17)2/h3-6,8-11,17H,7,12-13H2,1-2H3,(H,22,23). The van der Waals surface area contributed by atoms with Crippen molar-refractivity contribution in [2.75, 3.05) is 18.5 Å². The number of aryl methyl sites for hydroxylation is 1. The van der Waals surface area contributed by atoms with Gasteiger partial charge in [0.2, 0.25) is 0 Å². The van der Waals surface area contributed by atoms with Crippen molar-refractivity contribution in [1.29, 1.82) is 0 Å². The van der Waals surface area contributed by atoms with Crippen LogP contribution in [0.1, 0.15) is 18.4 Å². The van der Waals surface area contributed by atoms with Crippen molar-refractivity contribution in [3.63, 3.8) is 0 Å². The number of carboxylic acid groups (broad SMARTS) is 1. The maximum Gasteiger partial charge on any atom is 0.413 e. The van der Waals surface area contributed by atoms with Crippen LogP contribution in [0.5, 0.6) is 0 Å². The van der Waals surface area contributed by atoms with Gasteiger partial charge in [0.25, 0.3) is 0 Å². The average molecular weight is 310 g/mol. The third-order valence-corrected chi connectivity index (χ3v) is 4.55. The van der Waals surface area contributed by atoms with E-state index in [1.165, 1.54) is 0 Å². The summed E-state index contributed by atoms with van der Waals surface area (Å²) in [4.78, 5) is 15.7. The molecule has 120 valence electrons. The molecule has 1 unspecified atom stereocenters. The van der Waals surface area contributed by atoms with Crippen molar-refractivity contribution in [3.8, 4) is 11.1 Å². The first-order valence-corrected chi connectivity index (χ1v) is 7.97. The molecule has 4 heteroatoms. The molecule has 3 rings (SSSR count). The van der Waals surface area contributed by atoms with Crippen LogP contribution in [0.4, 0.5) is 10.5 Å². The lowest BCUT2D eigenvalue weighted by Gasteiger charge is -2.33. The summed E-state index contributed by atoms with van der Waals surface area (Å²) in [7, 11) is 1.99. The van der Waals surface area contributed by atoms with E-state index >= 15 is 0 Å². The van der Waals surface area contributed by atoms with E-state index in [1.807, 2.05) is 62.5 Å². The molecule has 1 fully saturated rings. The topological polar surface area (TPSA) is 43.8 Å². The lowest BCUT2D eigenvalue weighted by molar-refractivity contribution is 0.188. The molecule has 0 aromatic heterocycles. The maximum absolute atomic E-state index is 12.1. The third-order valence-electron chi connectivity index (χ3n) is 4.55. The van der Waals surface area contributed by atoms with Gasteiger partial charge in [-0.05, 0) is 44.5 Å². The molecule has 1 aliphatic rings. The predicted octanol–water partition coefficient (Wildman–Crippen LogP) is 4.20. The van der Waals surface area contributed by atoms with E-state index in [1.54, 1.807) is 4.90 Å². The van der Waals surface area contributed by atoms with Gasteiger partial charge in [-0.15, -0.1) is 0 Å². The van der Waals surface area contributed by atoms with Gasteiger partial charge in [-0.25, -0.2) is 4.79 Å². The van der Waals surface area contributed by atoms with Crippen molar-refractivity contribution >= 4 is 11.8 Å². The normalized spacial score (nSPS) is 18.1. The van der Waals surface area contributed by atoms with Gasteiger partial charge in [-0.2, -0.15) is 0 Å². The minimum Gasteiger partial charge on any atom is -0.465 e. The number of carbonyl (C=O) groups is 1. The Morgan fingerprint density at radius 1 is 1.17 bits per heavy atom. The van der Waals surface area contributed by atoms with Crippen LogP contribution in [0.15, 0.2) is 48.5 Å². The van der Waals surface area contributed by atoms with Crippen molar-refractivity contribution in [2.45, 2.75) is 25.9 Å². The molecular weight excluding hydrogens is 288 g/mol. The Hall–Kier alpha value is -2.33. The van der Waals surface area contributed by atoms with E-state index in [0.717, 1.165) is 41.8 Å². The van der Waals surface area contributed by atoms with Gasteiger partial charge >= 0.3 is 6.09 Å². The molecule has 1 aliphatic heterocycles. The smallest absolute Gasteiger partial charge is 0.413 e. The van der Waals surface area contributed by atoms with Crippen LogP contribution < -0.4 is 4.90 Å². The van der Waals surface area contributed by atoms with Crippen LogP contribution in [0, 0.1) is 6.92 Å². The predicted molar refractivity (Wildman–Crippen MR) is 92.8 cm³/mol. The number of para-hydroxylation sites is 1. The van der Waals surface area contributed by atoms with E-state index in [0.29, 0.717) is 0 Å². The zero-order chi connectivity index (χ0) is 16.4. The number of hydrogen-bond acceptors (Lipinski definition) is 2. The number of hydrogen-bond donors (Lipinski definition) is 1. The lowest BCUT2D eigenvalue weighted by Crippen LogP contribution is -2.46. The minimum atomic E-state index is -0.893. The summed E-state index contributed by atoms with van der Waals surface area (Å²) in [5.41, 5.74) is 3.78. The summed E-state index contributed by atoms with van der Waals surface area (Å²) in [6.45, 7) is 2.91. The van der Waals surface area contributed by atoms with Crippen LogP contribution in [0.3, 0.4) is 0 Å². The molecule has 1 atom stereocenters. The molecule has 2 aromatic carbocycles. The second kappa shape index (κ2) is 6.42. The average Bonchev–Trinajstić information content (AvgIpc) is 2.96. The summed E-state index contributed by atoms with van der Waals surface area (Å²) in [6, 6.07) is 15.9. The number of likely N-dealkylation sites (tertiary alicyclic amines) is 1. The van der Waals surface area contributed by atoms with Gasteiger partial charge in [0.15, 0.2) is 0 Å². The van der Waals surface area contributed by atoms with E-state index < -0.39 is 6.09 Å². The van der Waals surface area contributed by atoms with Crippen LogP contribution in [-0.4, -0.2) is 35.9 Å². The zero-order valence-corrected chi connectivity index (χ0v) is 13.6. The molecule has 0 aliphatic carbocycles. The summed E-state index contributed by atoms with van der Waals surface area (Å²) < 4.78 is 0. The summed E-state index contributed by atoms with van der Waals surface area (Å²) in [6.07, 6.45) is 0.898. The molecule has 1 N–H and O–H groups in total. The highest BCUT2D eigenvalue weighted by Crippen LogP contribution is 2.37. The zero-order valence-electron chi connectivity index (χ0n) is 13.6. The Morgan fingerprint density at radius 2 is 1.91 bits per heavy atom. The lowest BCUT2D eigenvalue weighted by atomic mass is 9.99. The van der Waals surface area contributed by atoms with Crippen LogP contribution in [-0.2, 0) is 0 Å². The number of rotatable bonds is 3. The third kappa shape index (κ3) is 2.94. The SMILES string of the molecule is Cc1cccc(-c2ccccc2)c1N(C(=O)O)C1CCCN1C. The van der Waals surface area contributed by atoms with E-state index in [4.69, 9.17) is 0 Å². The molecule has 23 heavy (non-hydrogen) atoms. The van der Waals surface area contributed by atoms with Gasteiger partial charge in [0, 0.05) is 5.56 Å². The molecule has 4 nitrogen and oxygen atoms in total. The second-order valence-electron chi connectivity index (χ2n) is 6.09. The Labute approximate surface area is 137 Å². The van der Waals surface area contributed by atoms with Gasteiger partial charge in [-0.3, -0.25) is 9.80 Å². The second-order valence-corrected chi connectivity index (χ2v) is 6.09. The van der Waals surface area contributed by atoms with Crippen LogP contribution in [0.2, 0.25) is 0 Å². The van der Waals surface area contributed by atoms with E-state index in [9.17, 15) is 9.90 Å². The minimum absolute atomic E-state index is 0.101. The molecule has 0 radical (unpaired) electrons. The van der Waals surface area contributed by atoms with Crippen LogP contribution >= 0.6 is 0 Å². The summed E-state index contributed by atoms with van der Waals surface area (Å²) in [5, 5.41) is 9.90. The fraction of sp³-hybridized carbons (Fsp3) is 0.316. The first kappa shape index (κ1) is 15.6. The van der Waals surface area contributed by atoms with Crippen molar-refractivity contribution in [1.82, 2.24) is 4.90 Å². The van der Waals surface area contributed by atoms with Crippen molar-refractivity contribution in [2.24, 2.45) is 0 Å². The molecular formula is C19H22N2O2. The number of benzene rings is 2. The van der Waals surface area contributed by atoms with Crippen molar-refractivity contribution in [3.05, 3.63) is 54.1 Å². The Kier molecular flexibility index (Phi) is 4.35. The number of anilines is 1. The maximum atomic E-state index is 12.1. The Balaban J connectivity index is 2.15. The molecule has 2 aromatic rings. The molecule has 0 spiro atoms. The summed E-state index contributed by atoms with van der Waals surface area (Å²) >= 11 is 0. The monoisotopic (exact) mass is 310 g/mol. The van der Waals surface area contributed by atoms with E-state index in [2.05, 4.69) is 4.90 Å². The molecule has 0 saturated carbocycles. The summed E-state index contributed by atoms with van der Waals surface area (Å²) in [5.74, 6) is 0. The fourth-order valence-corrected chi connectivity index (χ4v) is 3.42. The van der Waals surface area contributed by atoms with Gasteiger partial charge in [0.05, 0.1) is 11.9 Å². The van der Waals surface area contributed by atoms with Crippen molar-refractivity contribution < 1.29 is 9.90 Å². The number of amides is 1. The quantitative estimate of drug-likeness (QED) is 0.924. The fourth-order valence-electron chi connectivity index (χ4n) is 3.42. The Morgan fingerprint density at radius 3 is 2.52 bits per heavy atom. The van der Waals surface area contributed by atoms with Gasteiger partial charge < -0.3 is 5.11 Å². The first-order chi connectivity index (χ1) is 11.1. The van der Waals surface area contributed by atoms with Gasteiger partial charge in [0.1, 0.15) is 0 Å². The van der Waals surface area contributed by atoms with Gasteiger partial charge in [-0.1, -0.05) is 48.5 Å².